The van der Waals surface area contributed by atoms with Crippen molar-refractivity contribution in [3.05, 3.63) is 64.7 Å². The molecule has 1 unspecified atom stereocenters. The van der Waals surface area contributed by atoms with Crippen LogP contribution in [0.4, 0.5) is 5.69 Å². The number of imide groups is 2. The van der Waals surface area contributed by atoms with E-state index in [4.69, 9.17) is 0 Å². The lowest BCUT2D eigenvalue weighted by atomic mass is 10.0. The van der Waals surface area contributed by atoms with Crippen LogP contribution in [0.15, 0.2) is 42.5 Å². The van der Waals surface area contributed by atoms with Crippen LogP contribution >= 0.6 is 0 Å². The quantitative estimate of drug-likeness (QED) is 0.627. The van der Waals surface area contributed by atoms with Crippen molar-refractivity contribution in [1.82, 2.24) is 15.5 Å². The van der Waals surface area contributed by atoms with Crippen LogP contribution in [0.2, 0.25) is 0 Å². The maximum absolute atomic E-state index is 13.1. The van der Waals surface area contributed by atoms with E-state index in [-0.39, 0.29) is 18.7 Å². The largest absolute Gasteiger partial charge is 0.388 e. The van der Waals surface area contributed by atoms with Crippen LogP contribution in [0, 0.1) is 0 Å². The molecular weight excluding hydrogens is 384 g/mol. The molecule has 1 fully saturated rings. The molecule has 0 aromatic heterocycles. The summed E-state index contributed by atoms with van der Waals surface area (Å²) in [4.78, 5) is 50.5. The molecule has 30 heavy (non-hydrogen) atoms. The average molecular weight is 406 g/mol. The van der Waals surface area contributed by atoms with E-state index in [1.165, 1.54) is 0 Å². The minimum absolute atomic E-state index is 0.102. The second-order valence-corrected chi connectivity index (χ2v) is 7.34. The molecule has 4 amide bonds. The highest BCUT2D eigenvalue weighted by Gasteiger charge is 2.45. The van der Waals surface area contributed by atoms with E-state index in [0.717, 1.165) is 16.2 Å². The van der Waals surface area contributed by atoms with Crippen molar-refractivity contribution in [3.63, 3.8) is 0 Å². The lowest BCUT2D eigenvalue weighted by Gasteiger charge is -2.27. The number of piperidine rings is 1. The topological polar surface area (TPSA) is 108 Å². The van der Waals surface area contributed by atoms with Crippen molar-refractivity contribution in [3.8, 4) is 0 Å². The Balaban J connectivity index is 1.50. The number of carbonyl (C=O) groups excluding carboxylic acids is 4. The number of carbonyl (C=O) groups is 4. The Labute approximate surface area is 173 Å². The van der Waals surface area contributed by atoms with E-state index in [0.29, 0.717) is 29.8 Å². The van der Waals surface area contributed by atoms with E-state index in [9.17, 15) is 19.2 Å². The van der Waals surface area contributed by atoms with Gasteiger partial charge in [0.2, 0.25) is 11.8 Å². The molecule has 2 aliphatic heterocycles. The van der Waals surface area contributed by atoms with E-state index in [1.54, 1.807) is 18.2 Å². The first-order valence-electron chi connectivity index (χ1n) is 9.80. The van der Waals surface area contributed by atoms with Gasteiger partial charge >= 0.3 is 0 Å². The number of nitrogens with one attached hydrogen (secondary N) is 3. The summed E-state index contributed by atoms with van der Waals surface area (Å²) in [6.45, 7) is 1.01. The fourth-order valence-corrected chi connectivity index (χ4v) is 3.86. The van der Waals surface area contributed by atoms with Gasteiger partial charge in [0.1, 0.15) is 6.04 Å². The first-order chi connectivity index (χ1) is 14.5. The molecule has 2 aromatic rings. The maximum atomic E-state index is 13.1. The Bertz CT molecular complexity index is 1030. The SMILES string of the molecule is CNc1ccc(CNCc2cccc3c2C(=O)N(C2CCC(=O)NC2=O)C3=O)cc1. The van der Waals surface area contributed by atoms with Gasteiger partial charge in [-0.25, -0.2) is 0 Å². The molecule has 1 atom stereocenters. The lowest BCUT2D eigenvalue weighted by Crippen LogP contribution is -2.54. The monoisotopic (exact) mass is 406 g/mol. The predicted octanol–water partition coefficient (Wildman–Crippen LogP) is 1.42. The van der Waals surface area contributed by atoms with Gasteiger partial charge in [0.05, 0.1) is 11.1 Å². The van der Waals surface area contributed by atoms with E-state index >= 15 is 0 Å². The van der Waals surface area contributed by atoms with Gasteiger partial charge in [-0.05, 0) is 35.7 Å². The summed E-state index contributed by atoms with van der Waals surface area (Å²) in [7, 11) is 1.86. The molecule has 0 spiro atoms. The standard InChI is InChI=1S/C22H22N4O4/c1-23-15-7-5-13(6-8-15)11-24-12-14-3-2-4-16-19(14)22(30)26(21(16)29)17-9-10-18(27)25-20(17)28/h2-8,17,23-24H,9-12H2,1H3,(H,25,27,28). The number of amides is 4. The molecule has 2 aliphatic rings. The molecule has 2 aromatic carbocycles. The Morgan fingerprint density at radius 3 is 2.47 bits per heavy atom. The third kappa shape index (κ3) is 3.57. The Morgan fingerprint density at radius 1 is 1.00 bits per heavy atom. The fraction of sp³-hybridized carbons (Fsp3) is 0.273. The minimum Gasteiger partial charge on any atom is -0.388 e. The molecule has 0 aliphatic carbocycles. The molecule has 154 valence electrons. The Kier molecular flexibility index (Phi) is 5.33. The smallest absolute Gasteiger partial charge is 0.262 e. The molecular formula is C22H22N4O4. The van der Waals surface area contributed by atoms with E-state index in [1.807, 2.05) is 31.3 Å². The highest BCUT2D eigenvalue weighted by atomic mass is 16.2. The predicted molar refractivity (Wildman–Crippen MR) is 110 cm³/mol. The number of fused-ring (bicyclic) bond motifs is 1. The molecule has 4 rings (SSSR count). The number of anilines is 1. The second kappa shape index (κ2) is 8.08. The van der Waals surface area contributed by atoms with Crippen LogP contribution in [-0.2, 0) is 22.7 Å². The Morgan fingerprint density at radius 2 is 1.77 bits per heavy atom. The van der Waals surface area contributed by atoms with Crippen molar-refractivity contribution < 1.29 is 19.2 Å². The second-order valence-electron chi connectivity index (χ2n) is 7.34. The van der Waals surface area contributed by atoms with E-state index < -0.39 is 23.8 Å². The van der Waals surface area contributed by atoms with Crippen molar-refractivity contribution in [1.29, 1.82) is 0 Å². The summed E-state index contributed by atoms with van der Waals surface area (Å²) < 4.78 is 0. The van der Waals surface area contributed by atoms with Crippen LogP contribution in [0.1, 0.15) is 44.7 Å². The number of benzene rings is 2. The van der Waals surface area contributed by atoms with Crippen LogP contribution in [0.5, 0.6) is 0 Å². The van der Waals surface area contributed by atoms with Crippen LogP contribution in [-0.4, -0.2) is 41.6 Å². The van der Waals surface area contributed by atoms with Gasteiger partial charge in [-0.15, -0.1) is 0 Å². The average Bonchev–Trinajstić information content (AvgIpc) is 3.00. The van der Waals surface area contributed by atoms with Gasteiger partial charge in [0.15, 0.2) is 0 Å². The maximum Gasteiger partial charge on any atom is 0.262 e. The molecule has 0 saturated carbocycles. The molecule has 2 heterocycles. The van der Waals surface area contributed by atoms with E-state index in [2.05, 4.69) is 16.0 Å². The highest BCUT2D eigenvalue weighted by molar-refractivity contribution is 6.24. The van der Waals surface area contributed by atoms with Crippen LogP contribution in [0.3, 0.4) is 0 Å². The first-order valence-corrected chi connectivity index (χ1v) is 9.80. The summed E-state index contributed by atoms with van der Waals surface area (Å²) >= 11 is 0. The number of rotatable bonds is 6. The van der Waals surface area contributed by atoms with Crippen molar-refractivity contribution in [2.75, 3.05) is 12.4 Å². The van der Waals surface area contributed by atoms with Gasteiger partial charge in [-0.2, -0.15) is 0 Å². The molecule has 8 heteroatoms. The van der Waals surface area contributed by atoms with Crippen molar-refractivity contribution >= 4 is 29.3 Å². The van der Waals surface area contributed by atoms with Crippen molar-refractivity contribution in [2.45, 2.75) is 32.0 Å². The normalized spacial score (nSPS) is 18.4. The fourth-order valence-electron chi connectivity index (χ4n) is 3.86. The number of hydrogen-bond acceptors (Lipinski definition) is 6. The third-order valence-corrected chi connectivity index (χ3v) is 5.44. The zero-order valence-corrected chi connectivity index (χ0v) is 16.5. The van der Waals surface area contributed by atoms with Crippen molar-refractivity contribution in [2.24, 2.45) is 0 Å². The van der Waals surface area contributed by atoms with Crippen LogP contribution in [0.25, 0.3) is 0 Å². The molecule has 0 bridgehead atoms. The van der Waals surface area contributed by atoms with Gasteiger partial charge in [-0.1, -0.05) is 24.3 Å². The zero-order chi connectivity index (χ0) is 21.3. The highest BCUT2D eigenvalue weighted by Crippen LogP contribution is 2.30. The molecule has 3 N–H and O–H groups in total. The molecule has 8 nitrogen and oxygen atoms in total. The Hall–Kier alpha value is -3.52. The summed E-state index contributed by atoms with van der Waals surface area (Å²) in [5.74, 6) is -1.97. The van der Waals surface area contributed by atoms with Crippen LogP contribution < -0.4 is 16.0 Å². The zero-order valence-electron chi connectivity index (χ0n) is 16.5. The van der Waals surface area contributed by atoms with Gasteiger partial charge in [0.25, 0.3) is 11.8 Å². The number of hydrogen-bond donors (Lipinski definition) is 3. The third-order valence-electron chi connectivity index (χ3n) is 5.44. The lowest BCUT2D eigenvalue weighted by molar-refractivity contribution is -0.136. The van der Waals surface area contributed by atoms with Gasteiger partial charge in [-0.3, -0.25) is 29.4 Å². The molecule has 0 radical (unpaired) electrons. The van der Waals surface area contributed by atoms with Gasteiger partial charge in [0, 0.05) is 32.2 Å². The summed E-state index contributed by atoms with van der Waals surface area (Å²) in [6, 6.07) is 12.2. The molecule has 1 saturated heterocycles. The number of nitrogens with zero attached hydrogens (tertiary/aromatic N) is 1. The summed E-state index contributed by atoms with van der Waals surface area (Å²) in [5, 5.41) is 8.58. The van der Waals surface area contributed by atoms with Gasteiger partial charge < -0.3 is 10.6 Å². The summed E-state index contributed by atoms with van der Waals surface area (Å²) in [5.41, 5.74) is 3.44. The first kappa shape index (κ1) is 19.8. The summed E-state index contributed by atoms with van der Waals surface area (Å²) in [6.07, 6.45) is 0.247. The minimum atomic E-state index is -0.957.